The molecular formula is C30H18F2N2O6. The van der Waals surface area contributed by atoms with Crippen LogP contribution in [-0.2, 0) is 9.57 Å². The lowest BCUT2D eigenvalue weighted by Gasteiger charge is -2.17. The van der Waals surface area contributed by atoms with E-state index in [1.165, 1.54) is 24.3 Å². The van der Waals surface area contributed by atoms with Crippen molar-refractivity contribution in [2.45, 2.75) is 5.92 Å². The maximum absolute atomic E-state index is 14.1. The van der Waals surface area contributed by atoms with E-state index in [4.69, 9.17) is 9.57 Å². The molecule has 0 radical (unpaired) electrons. The van der Waals surface area contributed by atoms with Gasteiger partial charge in [0.05, 0.1) is 22.4 Å². The van der Waals surface area contributed by atoms with Crippen molar-refractivity contribution in [3.8, 4) is 11.1 Å². The fourth-order valence-electron chi connectivity index (χ4n) is 4.95. The predicted octanol–water partition coefficient (Wildman–Crippen LogP) is 5.69. The lowest BCUT2D eigenvalue weighted by atomic mass is 9.98. The van der Waals surface area contributed by atoms with Crippen LogP contribution in [0.1, 0.15) is 48.1 Å². The third kappa shape index (κ3) is 4.15. The number of carbonyl (C=O) groups is 4. The van der Waals surface area contributed by atoms with Crippen LogP contribution in [0.25, 0.3) is 11.1 Å². The van der Waals surface area contributed by atoms with E-state index < -0.39 is 46.8 Å². The Labute approximate surface area is 225 Å². The van der Waals surface area contributed by atoms with Crippen LogP contribution in [0.15, 0.2) is 84.9 Å². The van der Waals surface area contributed by atoms with Crippen molar-refractivity contribution in [1.82, 2.24) is 5.06 Å². The van der Waals surface area contributed by atoms with Gasteiger partial charge in [-0.3, -0.25) is 14.9 Å². The smallest absolute Gasteiger partial charge is 0.411 e. The summed E-state index contributed by atoms with van der Waals surface area (Å²) in [6.45, 7) is -0.0711. The zero-order chi connectivity index (χ0) is 28.0. The van der Waals surface area contributed by atoms with Gasteiger partial charge < -0.3 is 9.57 Å². The molecule has 0 saturated heterocycles. The van der Waals surface area contributed by atoms with Gasteiger partial charge in [-0.15, -0.1) is 0 Å². The van der Waals surface area contributed by atoms with Gasteiger partial charge in [-0.25, -0.2) is 18.4 Å². The van der Waals surface area contributed by atoms with Crippen LogP contribution in [-0.4, -0.2) is 35.5 Å². The first kappa shape index (κ1) is 24.9. The second-order valence-corrected chi connectivity index (χ2v) is 9.09. The molecule has 2 aliphatic rings. The average molecular weight is 540 g/mol. The third-order valence-corrected chi connectivity index (χ3v) is 6.79. The molecule has 1 aliphatic carbocycles. The van der Waals surface area contributed by atoms with Crippen molar-refractivity contribution in [1.29, 1.82) is 0 Å². The summed E-state index contributed by atoms with van der Waals surface area (Å²) in [5.41, 5.74) is 2.90. The van der Waals surface area contributed by atoms with E-state index in [1.54, 1.807) is 0 Å². The topological polar surface area (TPSA) is 102 Å². The fourth-order valence-corrected chi connectivity index (χ4v) is 4.95. The number of hydrogen-bond acceptors (Lipinski definition) is 6. The molecule has 1 aliphatic heterocycles. The summed E-state index contributed by atoms with van der Waals surface area (Å²) in [7, 11) is 0. The van der Waals surface area contributed by atoms with Crippen LogP contribution >= 0.6 is 0 Å². The molecule has 10 heteroatoms. The second-order valence-electron chi connectivity index (χ2n) is 9.09. The summed E-state index contributed by atoms with van der Waals surface area (Å²) >= 11 is 0. The van der Waals surface area contributed by atoms with Gasteiger partial charge in [0, 0.05) is 12.0 Å². The largest absolute Gasteiger partial charge is 0.448 e. The van der Waals surface area contributed by atoms with Gasteiger partial charge in [0.15, 0.2) is 11.6 Å². The van der Waals surface area contributed by atoms with Crippen molar-refractivity contribution >= 4 is 29.6 Å². The number of nitrogens with one attached hydrogen (secondary N) is 1. The van der Waals surface area contributed by atoms with Crippen molar-refractivity contribution in [3.63, 3.8) is 0 Å². The van der Waals surface area contributed by atoms with E-state index in [0.717, 1.165) is 22.3 Å². The van der Waals surface area contributed by atoms with Gasteiger partial charge in [0.1, 0.15) is 6.61 Å². The molecule has 0 atom stereocenters. The summed E-state index contributed by atoms with van der Waals surface area (Å²) in [6.07, 6.45) is -1.04. The molecule has 6 rings (SSSR count). The molecule has 0 unspecified atom stereocenters. The number of nitrogens with zero attached hydrogens (tertiary/aromatic N) is 1. The van der Waals surface area contributed by atoms with Crippen LogP contribution in [0, 0.1) is 11.6 Å². The number of rotatable bonds is 5. The molecule has 198 valence electrons. The number of benzene rings is 4. The van der Waals surface area contributed by atoms with Crippen molar-refractivity contribution in [2.75, 3.05) is 11.9 Å². The molecule has 40 heavy (non-hydrogen) atoms. The Bertz CT molecular complexity index is 1660. The first-order valence-corrected chi connectivity index (χ1v) is 12.1. The number of imide groups is 1. The van der Waals surface area contributed by atoms with Gasteiger partial charge in [-0.1, -0.05) is 65.7 Å². The Morgan fingerprint density at radius 2 is 1.25 bits per heavy atom. The maximum atomic E-state index is 14.1. The molecule has 8 nitrogen and oxygen atoms in total. The third-order valence-electron chi connectivity index (χ3n) is 6.79. The molecule has 3 amide bonds. The van der Waals surface area contributed by atoms with E-state index in [0.29, 0.717) is 12.1 Å². The summed E-state index contributed by atoms with van der Waals surface area (Å²) in [6, 6.07) is 22.3. The van der Waals surface area contributed by atoms with E-state index in [9.17, 15) is 28.0 Å². The SMILES string of the molecule is O=C(Nc1cc(F)c(F)cc1C(=O)ON1C(=O)c2ccccc2C1=O)OCC1c2ccccc2-c2ccccc21. The van der Waals surface area contributed by atoms with Gasteiger partial charge in [-0.05, 0) is 40.5 Å². The normalized spacial score (nSPS) is 13.5. The van der Waals surface area contributed by atoms with Gasteiger partial charge >= 0.3 is 12.1 Å². The Balaban J connectivity index is 1.20. The highest BCUT2D eigenvalue weighted by molar-refractivity contribution is 6.21. The van der Waals surface area contributed by atoms with Crippen LogP contribution in [0.5, 0.6) is 0 Å². The number of hydrogen-bond donors (Lipinski definition) is 1. The second kappa shape index (κ2) is 9.73. The van der Waals surface area contributed by atoms with Crippen molar-refractivity contribution < 1.29 is 37.5 Å². The lowest BCUT2D eigenvalue weighted by molar-refractivity contribution is -0.0584. The minimum atomic E-state index is -1.41. The summed E-state index contributed by atoms with van der Waals surface area (Å²) in [4.78, 5) is 55.7. The van der Waals surface area contributed by atoms with Gasteiger partial charge in [-0.2, -0.15) is 0 Å². The highest BCUT2D eigenvalue weighted by atomic mass is 19.2. The first-order chi connectivity index (χ1) is 19.3. The molecule has 4 aromatic rings. The Kier molecular flexibility index (Phi) is 6.07. The zero-order valence-corrected chi connectivity index (χ0v) is 20.5. The number of ether oxygens (including phenoxy) is 1. The number of hydroxylamine groups is 2. The molecule has 0 fully saturated rings. The number of halogens is 2. The van der Waals surface area contributed by atoms with Crippen molar-refractivity contribution in [3.05, 3.63) is 124 Å². The molecule has 0 saturated carbocycles. The quantitative estimate of drug-likeness (QED) is 0.326. The van der Waals surface area contributed by atoms with Gasteiger partial charge in [0.25, 0.3) is 11.8 Å². The lowest BCUT2D eigenvalue weighted by Crippen LogP contribution is -2.33. The first-order valence-electron chi connectivity index (χ1n) is 12.1. The molecule has 0 spiro atoms. The average Bonchev–Trinajstić information content (AvgIpc) is 3.41. The fraction of sp³-hybridized carbons (Fsp3) is 0.0667. The number of fused-ring (bicyclic) bond motifs is 4. The monoisotopic (exact) mass is 540 g/mol. The number of amides is 3. The molecular weight excluding hydrogens is 522 g/mol. The number of anilines is 1. The van der Waals surface area contributed by atoms with E-state index in [2.05, 4.69) is 5.32 Å². The Morgan fingerprint density at radius 1 is 0.750 bits per heavy atom. The zero-order valence-electron chi connectivity index (χ0n) is 20.5. The van der Waals surface area contributed by atoms with Gasteiger partial charge in [0.2, 0.25) is 0 Å². The van der Waals surface area contributed by atoms with Crippen LogP contribution in [0.3, 0.4) is 0 Å². The van der Waals surface area contributed by atoms with Crippen LogP contribution < -0.4 is 5.32 Å². The summed E-state index contributed by atoms with van der Waals surface area (Å²) in [5, 5.41) is 2.47. The van der Waals surface area contributed by atoms with Crippen LogP contribution in [0.4, 0.5) is 19.3 Å². The molecule has 0 aromatic heterocycles. The molecule has 0 bridgehead atoms. The Hall–Kier alpha value is -5.38. The Morgan fingerprint density at radius 3 is 1.82 bits per heavy atom. The van der Waals surface area contributed by atoms with E-state index in [1.807, 2.05) is 48.5 Å². The van der Waals surface area contributed by atoms with E-state index >= 15 is 0 Å². The standard InChI is InChI=1S/C30H18F2N2O6/c31-24-13-22(29(37)40-34-27(35)20-11-5-6-12-21(20)28(34)36)26(14-25(24)32)33-30(38)39-15-23-18-9-3-1-7-16(18)17-8-2-4-10-19(17)23/h1-14,23H,15H2,(H,33,38). The molecule has 1 heterocycles. The maximum Gasteiger partial charge on any atom is 0.411 e. The summed E-state index contributed by atoms with van der Waals surface area (Å²) < 4.78 is 33.6. The minimum absolute atomic E-state index is 0.0163. The van der Waals surface area contributed by atoms with E-state index in [-0.39, 0.29) is 28.7 Å². The van der Waals surface area contributed by atoms with Crippen LogP contribution in [0.2, 0.25) is 0 Å². The predicted molar refractivity (Wildman–Crippen MR) is 137 cm³/mol. The molecule has 4 aromatic carbocycles. The highest BCUT2D eigenvalue weighted by Gasteiger charge is 2.39. The number of carbonyl (C=O) groups excluding carboxylic acids is 4. The van der Waals surface area contributed by atoms with Crippen molar-refractivity contribution in [2.24, 2.45) is 0 Å². The minimum Gasteiger partial charge on any atom is -0.448 e. The summed E-state index contributed by atoms with van der Waals surface area (Å²) in [5.74, 6) is -6.20. The molecule has 1 N–H and O–H groups in total. The highest BCUT2D eigenvalue weighted by Crippen LogP contribution is 2.44.